The van der Waals surface area contributed by atoms with E-state index in [4.69, 9.17) is 5.73 Å². The molecule has 3 rings (SSSR count). The van der Waals surface area contributed by atoms with Crippen molar-refractivity contribution in [3.05, 3.63) is 35.4 Å². The highest BCUT2D eigenvalue weighted by atomic mass is 35.5. The highest BCUT2D eigenvalue weighted by molar-refractivity contribution is 5.85. The van der Waals surface area contributed by atoms with Crippen LogP contribution in [-0.4, -0.2) is 22.4 Å². The van der Waals surface area contributed by atoms with Crippen LogP contribution in [0.5, 0.6) is 0 Å². The first-order valence-electron chi connectivity index (χ1n) is 7.70. The fraction of sp³-hybridized carbons (Fsp3) is 0.588. The average Bonchev–Trinajstić information content (AvgIpc) is 3.20. The lowest BCUT2D eigenvalue weighted by Crippen LogP contribution is -2.50. The van der Waals surface area contributed by atoms with E-state index in [9.17, 15) is 4.79 Å². The second-order valence-electron chi connectivity index (χ2n) is 6.63. The van der Waals surface area contributed by atoms with E-state index in [1.165, 1.54) is 17.5 Å². The predicted octanol–water partition coefficient (Wildman–Crippen LogP) is 3.18. The molecule has 0 radical (unpaired) electrons. The Hall–Kier alpha value is -1.06. The third kappa shape index (κ3) is 3.98. The zero-order valence-corrected chi connectivity index (χ0v) is 13.5. The van der Waals surface area contributed by atoms with E-state index in [0.717, 1.165) is 32.2 Å². The number of carbonyl (C=O) groups excluding carboxylic acids is 1. The lowest BCUT2D eigenvalue weighted by Gasteiger charge is -2.39. The largest absolute Gasteiger partial charge is 0.335 e. The minimum atomic E-state index is -0.211. The summed E-state index contributed by atoms with van der Waals surface area (Å²) in [6.45, 7) is 2.82. The minimum Gasteiger partial charge on any atom is -0.335 e. The van der Waals surface area contributed by atoms with Gasteiger partial charge in [-0.2, -0.15) is 0 Å². The van der Waals surface area contributed by atoms with Gasteiger partial charge in [0.15, 0.2) is 0 Å². The monoisotopic (exact) mass is 308 g/mol. The maximum Gasteiger partial charge on any atom is 0.224 e. The van der Waals surface area contributed by atoms with E-state index in [1.54, 1.807) is 0 Å². The van der Waals surface area contributed by atoms with Gasteiger partial charge in [0.05, 0.1) is 0 Å². The van der Waals surface area contributed by atoms with Crippen LogP contribution in [0.2, 0.25) is 0 Å². The Kier molecular flexibility index (Phi) is 4.95. The number of nitrogens with zero attached hydrogens (tertiary/aromatic N) is 1. The quantitative estimate of drug-likeness (QED) is 0.908. The summed E-state index contributed by atoms with van der Waals surface area (Å²) >= 11 is 0. The molecule has 0 aromatic heterocycles. The maximum absolute atomic E-state index is 12.6. The molecule has 0 aliphatic heterocycles. The molecule has 3 nitrogen and oxygen atoms in total. The summed E-state index contributed by atoms with van der Waals surface area (Å²) in [6, 6.07) is 8.93. The summed E-state index contributed by atoms with van der Waals surface area (Å²) in [5, 5.41) is 0. The highest BCUT2D eigenvalue weighted by Crippen LogP contribution is 2.35. The molecule has 2 fully saturated rings. The number of aryl methyl sites for hydroxylation is 1. The van der Waals surface area contributed by atoms with Crippen LogP contribution >= 0.6 is 12.4 Å². The van der Waals surface area contributed by atoms with Crippen molar-refractivity contribution in [1.29, 1.82) is 0 Å². The van der Waals surface area contributed by atoms with Crippen LogP contribution in [-0.2, 0) is 11.3 Å². The summed E-state index contributed by atoms with van der Waals surface area (Å²) in [4.78, 5) is 14.6. The number of halogens is 1. The van der Waals surface area contributed by atoms with E-state index in [1.807, 2.05) is 0 Å². The molecular formula is C17H25ClN2O. The lowest BCUT2D eigenvalue weighted by molar-refractivity contribution is -0.134. The van der Waals surface area contributed by atoms with Gasteiger partial charge < -0.3 is 10.6 Å². The Balaban J connectivity index is 0.00000161. The Morgan fingerprint density at radius 3 is 2.38 bits per heavy atom. The number of nitrogens with two attached hydrogens (primary N) is 1. The Morgan fingerprint density at radius 2 is 1.90 bits per heavy atom. The zero-order chi connectivity index (χ0) is 14.2. The fourth-order valence-electron chi connectivity index (χ4n) is 2.91. The van der Waals surface area contributed by atoms with Crippen molar-refractivity contribution in [2.24, 2.45) is 5.73 Å². The molecule has 0 unspecified atom stereocenters. The van der Waals surface area contributed by atoms with Crippen molar-refractivity contribution in [2.45, 2.75) is 63.6 Å². The van der Waals surface area contributed by atoms with Crippen molar-refractivity contribution >= 4 is 18.3 Å². The van der Waals surface area contributed by atoms with Crippen LogP contribution in [0.15, 0.2) is 24.3 Å². The van der Waals surface area contributed by atoms with Crippen molar-refractivity contribution in [1.82, 2.24) is 4.90 Å². The van der Waals surface area contributed by atoms with Gasteiger partial charge >= 0.3 is 0 Å². The smallest absolute Gasteiger partial charge is 0.224 e. The van der Waals surface area contributed by atoms with Gasteiger partial charge in [-0.1, -0.05) is 29.8 Å². The predicted molar refractivity (Wildman–Crippen MR) is 87.4 cm³/mol. The van der Waals surface area contributed by atoms with Gasteiger partial charge in [0.2, 0.25) is 5.91 Å². The molecule has 0 spiro atoms. The molecule has 2 saturated carbocycles. The SMILES string of the molecule is Cc1ccc(CN(C(=O)CC2(N)CCC2)C2CC2)cc1.Cl. The van der Waals surface area contributed by atoms with Crippen LogP contribution in [0.3, 0.4) is 0 Å². The molecule has 2 aliphatic rings. The maximum atomic E-state index is 12.6. The van der Waals surface area contributed by atoms with Gasteiger partial charge in [0.25, 0.3) is 0 Å². The topological polar surface area (TPSA) is 46.3 Å². The normalized spacial score (nSPS) is 19.3. The third-order valence-corrected chi connectivity index (χ3v) is 4.63. The second kappa shape index (κ2) is 6.37. The molecule has 4 heteroatoms. The number of hydrogen-bond donors (Lipinski definition) is 1. The van der Waals surface area contributed by atoms with Gasteiger partial charge in [-0.25, -0.2) is 0 Å². The molecule has 0 atom stereocenters. The molecule has 116 valence electrons. The number of carbonyl (C=O) groups is 1. The number of amides is 1. The van der Waals surface area contributed by atoms with Crippen molar-refractivity contribution in [3.8, 4) is 0 Å². The minimum absolute atomic E-state index is 0. The van der Waals surface area contributed by atoms with Gasteiger partial charge in [0.1, 0.15) is 0 Å². The summed E-state index contributed by atoms with van der Waals surface area (Å²) in [5.41, 5.74) is 8.49. The van der Waals surface area contributed by atoms with Crippen LogP contribution < -0.4 is 5.73 Å². The average molecular weight is 309 g/mol. The van der Waals surface area contributed by atoms with Crippen LogP contribution in [0, 0.1) is 6.92 Å². The van der Waals surface area contributed by atoms with Gasteiger partial charge in [-0.15, -0.1) is 12.4 Å². The molecule has 1 amide bonds. The molecule has 1 aromatic rings. The van der Waals surface area contributed by atoms with Gasteiger partial charge in [-0.05, 0) is 44.6 Å². The van der Waals surface area contributed by atoms with E-state index < -0.39 is 0 Å². The Bertz CT molecular complexity index is 492. The highest BCUT2D eigenvalue weighted by Gasteiger charge is 2.39. The van der Waals surface area contributed by atoms with Crippen molar-refractivity contribution < 1.29 is 4.79 Å². The summed E-state index contributed by atoms with van der Waals surface area (Å²) in [6.07, 6.45) is 5.99. The summed E-state index contributed by atoms with van der Waals surface area (Å²) < 4.78 is 0. The van der Waals surface area contributed by atoms with E-state index >= 15 is 0 Å². The van der Waals surface area contributed by atoms with Gasteiger partial charge in [-0.3, -0.25) is 4.79 Å². The number of hydrogen-bond acceptors (Lipinski definition) is 2. The first kappa shape index (κ1) is 16.3. The van der Waals surface area contributed by atoms with Crippen molar-refractivity contribution in [3.63, 3.8) is 0 Å². The van der Waals surface area contributed by atoms with Crippen LogP contribution in [0.25, 0.3) is 0 Å². The summed E-state index contributed by atoms with van der Waals surface area (Å²) in [7, 11) is 0. The lowest BCUT2D eigenvalue weighted by atomic mass is 9.75. The number of rotatable bonds is 5. The molecule has 2 N–H and O–H groups in total. The first-order valence-corrected chi connectivity index (χ1v) is 7.70. The zero-order valence-electron chi connectivity index (χ0n) is 12.7. The molecule has 0 heterocycles. The van der Waals surface area contributed by atoms with Crippen LogP contribution in [0.1, 0.15) is 49.7 Å². The first-order chi connectivity index (χ1) is 9.56. The molecule has 2 aliphatic carbocycles. The molecule has 0 bridgehead atoms. The van der Waals surface area contributed by atoms with E-state index in [2.05, 4.69) is 36.1 Å². The van der Waals surface area contributed by atoms with Gasteiger partial charge in [0, 0.05) is 24.5 Å². The fourth-order valence-corrected chi connectivity index (χ4v) is 2.91. The number of benzene rings is 1. The molecule has 21 heavy (non-hydrogen) atoms. The molecule has 0 saturated heterocycles. The summed E-state index contributed by atoms with van der Waals surface area (Å²) in [5.74, 6) is 0.246. The van der Waals surface area contributed by atoms with E-state index in [-0.39, 0.29) is 23.9 Å². The molecule has 1 aromatic carbocycles. The Labute approximate surface area is 133 Å². The van der Waals surface area contributed by atoms with Crippen LogP contribution in [0.4, 0.5) is 0 Å². The standard InChI is InChI=1S/C17H24N2O.ClH/c1-13-3-5-14(6-4-13)12-19(15-7-8-15)16(20)11-17(18)9-2-10-17;/h3-6,15H,2,7-12,18H2,1H3;1H. The third-order valence-electron chi connectivity index (χ3n) is 4.63. The van der Waals surface area contributed by atoms with Crippen molar-refractivity contribution in [2.75, 3.05) is 0 Å². The van der Waals surface area contributed by atoms with E-state index in [0.29, 0.717) is 12.5 Å². The second-order valence-corrected chi connectivity index (χ2v) is 6.63. The molecular weight excluding hydrogens is 284 g/mol. The Morgan fingerprint density at radius 1 is 1.29 bits per heavy atom.